The van der Waals surface area contributed by atoms with E-state index in [4.69, 9.17) is 0 Å². The summed E-state index contributed by atoms with van der Waals surface area (Å²) in [4.78, 5) is 24.1. The van der Waals surface area contributed by atoms with Crippen molar-refractivity contribution in [3.05, 3.63) is 52.6 Å². The number of fused-ring (bicyclic) bond motifs is 1. The van der Waals surface area contributed by atoms with E-state index in [9.17, 15) is 4.79 Å². The maximum Gasteiger partial charge on any atom is 0.259 e. The summed E-state index contributed by atoms with van der Waals surface area (Å²) < 4.78 is 0. The van der Waals surface area contributed by atoms with E-state index < -0.39 is 0 Å². The van der Waals surface area contributed by atoms with Crippen LogP contribution in [0.5, 0.6) is 0 Å². The number of nitrogens with one attached hydrogen (secondary N) is 3. The quantitative estimate of drug-likeness (QED) is 0.589. The van der Waals surface area contributed by atoms with Crippen LogP contribution in [0.3, 0.4) is 0 Å². The van der Waals surface area contributed by atoms with E-state index in [0.717, 1.165) is 36.0 Å². The highest BCUT2D eigenvalue weighted by Crippen LogP contribution is 2.24. The second-order valence-corrected chi connectivity index (χ2v) is 6.66. The van der Waals surface area contributed by atoms with E-state index in [0.29, 0.717) is 17.0 Å². The van der Waals surface area contributed by atoms with E-state index in [1.165, 1.54) is 0 Å². The molecule has 0 unspecified atom stereocenters. The Labute approximate surface area is 153 Å². The fourth-order valence-corrected chi connectivity index (χ4v) is 2.93. The fraction of sp³-hybridized carbons (Fsp3) is 0.350. The van der Waals surface area contributed by atoms with Gasteiger partial charge in [-0.1, -0.05) is 19.8 Å². The van der Waals surface area contributed by atoms with Gasteiger partial charge >= 0.3 is 0 Å². The number of anilines is 3. The summed E-state index contributed by atoms with van der Waals surface area (Å²) in [5, 5.41) is 8.06. The van der Waals surface area contributed by atoms with Crippen molar-refractivity contribution in [3.63, 3.8) is 0 Å². The molecule has 26 heavy (non-hydrogen) atoms. The molecule has 3 rings (SSSR count). The van der Waals surface area contributed by atoms with Gasteiger partial charge < -0.3 is 15.6 Å². The molecular weight excluding hydrogens is 326 g/mol. The molecule has 0 aliphatic carbocycles. The Balaban J connectivity index is 1.99. The standard InChI is InChI=1S/C20H25N5O/c1-4-5-6-14(3)23-19-18-15(8-10-22-20(18)26)12-17(25-19)24-16-11-13(2)7-9-21-16/h7-12,14H,4-6H2,1-3H3,(H,22,26)(H2,21,23,24,25)/t14-/m0/s1. The molecule has 0 bridgehead atoms. The number of hydrogen-bond donors (Lipinski definition) is 3. The van der Waals surface area contributed by atoms with Gasteiger partial charge in [0.05, 0.1) is 5.39 Å². The molecule has 6 heteroatoms. The van der Waals surface area contributed by atoms with Crippen molar-refractivity contribution in [1.82, 2.24) is 15.0 Å². The average Bonchev–Trinajstić information content (AvgIpc) is 2.60. The number of aromatic amines is 1. The summed E-state index contributed by atoms with van der Waals surface area (Å²) in [7, 11) is 0. The first kappa shape index (κ1) is 17.9. The summed E-state index contributed by atoms with van der Waals surface area (Å²) in [6.45, 7) is 6.30. The van der Waals surface area contributed by atoms with Crippen LogP contribution in [0.4, 0.5) is 17.5 Å². The molecule has 0 aromatic carbocycles. The van der Waals surface area contributed by atoms with E-state index in [2.05, 4.69) is 39.4 Å². The maximum atomic E-state index is 12.3. The minimum Gasteiger partial charge on any atom is -0.367 e. The third kappa shape index (κ3) is 4.20. The fourth-order valence-electron chi connectivity index (χ4n) is 2.93. The molecule has 0 amide bonds. The van der Waals surface area contributed by atoms with Crippen molar-refractivity contribution in [2.24, 2.45) is 0 Å². The van der Waals surface area contributed by atoms with Gasteiger partial charge in [0.15, 0.2) is 0 Å². The minimum atomic E-state index is -0.138. The molecule has 3 N–H and O–H groups in total. The third-order valence-corrected chi connectivity index (χ3v) is 4.30. The Bertz CT molecular complexity index is 950. The zero-order valence-corrected chi connectivity index (χ0v) is 15.5. The molecule has 0 saturated carbocycles. The average molecular weight is 351 g/mol. The number of rotatable bonds is 7. The summed E-state index contributed by atoms with van der Waals surface area (Å²) >= 11 is 0. The first-order valence-corrected chi connectivity index (χ1v) is 9.05. The number of hydrogen-bond acceptors (Lipinski definition) is 5. The van der Waals surface area contributed by atoms with Gasteiger partial charge in [0.2, 0.25) is 0 Å². The molecule has 0 spiro atoms. The molecule has 0 saturated heterocycles. The van der Waals surface area contributed by atoms with Crippen LogP contribution in [0.15, 0.2) is 41.5 Å². The lowest BCUT2D eigenvalue weighted by atomic mass is 10.1. The van der Waals surface area contributed by atoms with Gasteiger partial charge in [-0.2, -0.15) is 0 Å². The first-order chi connectivity index (χ1) is 12.6. The van der Waals surface area contributed by atoms with E-state index >= 15 is 0 Å². The van der Waals surface area contributed by atoms with Crippen LogP contribution in [0, 0.1) is 6.92 Å². The van der Waals surface area contributed by atoms with Gasteiger partial charge in [0.25, 0.3) is 5.56 Å². The lowest BCUT2D eigenvalue weighted by molar-refractivity contribution is 0.644. The van der Waals surface area contributed by atoms with Crippen molar-refractivity contribution < 1.29 is 0 Å². The van der Waals surface area contributed by atoms with Gasteiger partial charge in [-0.05, 0) is 55.5 Å². The minimum absolute atomic E-state index is 0.138. The Morgan fingerprint density at radius 1 is 1.23 bits per heavy atom. The molecule has 136 valence electrons. The molecule has 3 aromatic rings. The zero-order valence-electron chi connectivity index (χ0n) is 15.5. The van der Waals surface area contributed by atoms with Crippen LogP contribution in [-0.4, -0.2) is 21.0 Å². The van der Waals surface area contributed by atoms with Crippen molar-refractivity contribution in [2.45, 2.75) is 46.1 Å². The molecule has 6 nitrogen and oxygen atoms in total. The summed E-state index contributed by atoms with van der Waals surface area (Å²) in [6, 6.07) is 7.89. The van der Waals surface area contributed by atoms with Crippen LogP contribution < -0.4 is 16.2 Å². The summed E-state index contributed by atoms with van der Waals surface area (Å²) in [5.74, 6) is 1.99. The van der Waals surface area contributed by atoms with Gasteiger partial charge in [0, 0.05) is 18.4 Å². The SMILES string of the molecule is CCCC[C@H](C)Nc1nc(Nc2cc(C)ccn2)cc2cc[nH]c(=O)c12. The zero-order chi connectivity index (χ0) is 18.5. The molecule has 0 aliphatic heterocycles. The van der Waals surface area contributed by atoms with Gasteiger partial charge in [0.1, 0.15) is 17.5 Å². The van der Waals surface area contributed by atoms with Crippen molar-refractivity contribution in [1.29, 1.82) is 0 Å². The maximum absolute atomic E-state index is 12.3. The Kier molecular flexibility index (Phi) is 5.51. The van der Waals surface area contributed by atoms with Gasteiger partial charge in [-0.25, -0.2) is 9.97 Å². The topological polar surface area (TPSA) is 82.7 Å². The summed E-state index contributed by atoms with van der Waals surface area (Å²) in [6.07, 6.45) is 6.72. The number of nitrogens with zero attached hydrogens (tertiary/aromatic N) is 2. The number of aryl methyl sites for hydroxylation is 1. The number of pyridine rings is 3. The number of aromatic nitrogens is 3. The smallest absolute Gasteiger partial charge is 0.259 e. The molecule has 3 heterocycles. The highest BCUT2D eigenvalue weighted by molar-refractivity contribution is 5.93. The third-order valence-electron chi connectivity index (χ3n) is 4.30. The Hall–Kier alpha value is -2.89. The monoisotopic (exact) mass is 351 g/mol. The van der Waals surface area contributed by atoms with Crippen LogP contribution in [0.1, 0.15) is 38.7 Å². The molecule has 0 radical (unpaired) electrons. The van der Waals surface area contributed by atoms with E-state index in [-0.39, 0.29) is 11.6 Å². The largest absolute Gasteiger partial charge is 0.367 e. The first-order valence-electron chi connectivity index (χ1n) is 9.05. The predicted octanol–water partition coefficient (Wildman–Crippen LogP) is 4.36. The van der Waals surface area contributed by atoms with Crippen molar-refractivity contribution in [2.75, 3.05) is 10.6 Å². The van der Waals surface area contributed by atoms with Crippen LogP contribution in [0.25, 0.3) is 10.8 Å². The number of unbranched alkanes of at least 4 members (excludes halogenated alkanes) is 1. The van der Waals surface area contributed by atoms with Gasteiger partial charge in [-0.3, -0.25) is 4.79 Å². The molecule has 3 aromatic heterocycles. The van der Waals surface area contributed by atoms with Crippen molar-refractivity contribution >= 4 is 28.2 Å². The predicted molar refractivity (Wildman–Crippen MR) is 107 cm³/mol. The lowest BCUT2D eigenvalue weighted by Crippen LogP contribution is -2.19. The normalized spacial score (nSPS) is 12.1. The number of H-pyrrole nitrogens is 1. The van der Waals surface area contributed by atoms with Crippen LogP contribution in [0.2, 0.25) is 0 Å². The molecular formula is C20H25N5O. The highest BCUT2D eigenvalue weighted by Gasteiger charge is 2.12. The molecule has 1 atom stereocenters. The second-order valence-electron chi connectivity index (χ2n) is 6.66. The molecule has 0 aliphatic rings. The van der Waals surface area contributed by atoms with Gasteiger partial charge in [-0.15, -0.1) is 0 Å². The summed E-state index contributed by atoms with van der Waals surface area (Å²) in [5.41, 5.74) is 0.978. The van der Waals surface area contributed by atoms with Crippen molar-refractivity contribution in [3.8, 4) is 0 Å². The lowest BCUT2D eigenvalue weighted by Gasteiger charge is -2.17. The molecule has 0 fully saturated rings. The van der Waals surface area contributed by atoms with E-state index in [1.54, 1.807) is 12.4 Å². The Morgan fingerprint density at radius 3 is 2.85 bits per heavy atom. The van der Waals surface area contributed by atoms with Crippen LogP contribution in [-0.2, 0) is 0 Å². The Morgan fingerprint density at radius 2 is 2.08 bits per heavy atom. The van der Waals surface area contributed by atoms with Crippen LogP contribution >= 0.6 is 0 Å². The highest BCUT2D eigenvalue weighted by atomic mass is 16.1. The van der Waals surface area contributed by atoms with E-state index in [1.807, 2.05) is 31.2 Å². The second kappa shape index (κ2) is 7.99.